The van der Waals surface area contributed by atoms with Crippen molar-refractivity contribution in [1.82, 2.24) is 14.5 Å². The molecule has 0 spiro atoms. The molecule has 42 heavy (non-hydrogen) atoms. The minimum atomic E-state index is -0.985. The Balaban J connectivity index is 1.27. The van der Waals surface area contributed by atoms with Crippen LogP contribution in [-0.4, -0.2) is 64.2 Å². The molecule has 0 saturated carbocycles. The van der Waals surface area contributed by atoms with Crippen molar-refractivity contribution in [3.8, 4) is 22.8 Å². The van der Waals surface area contributed by atoms with E-state index in [1.165, 1.54) is 12.1 Å². The van der Waals surface area contributed by atoms with E-state index in [1.807, 2.05) is 71.0 Å². The summed E-state index contributed by atoms with van der Waals surface area (Å²) in [5.74, 6) is -0.377. The molecular formula is C33H29FN4O4. The lowest BCUT2D eigenvalue weighted by Crippen LogP contribution is -2.49. The lowest BCUT2D eigenvalue weighted by molar-refractivity contribution is 0.0692. The SMILES string of the molecule is CCOc1cccc(-n2cc(C(=O)N3CCN(c4cc5ccccc5cc4C(=O)O)CC3)nc2-c2ccc(F)cc2)c1. The van der Waals surface area contributed by atoms with Gasteiger partial charge in [0.1, 0.15) is 23.1 Å². The predicted molar refractivity (Wildman–Crippen MR) is 159 cm³/mol. The average molecular weight is 565 g/mol. The number of ether oxygens (including phenoxy) is 1. The Kier molecular flexibility index (Phi) is 7.31. The van der Waals surface area contributed by atoms with E-state index in [9.17, 15) is 19.1 Å². The monoisotopic (exact) mass is 564 g/mol. The zero-order chi connectivity index (χ0) is 29.2. The van der Waals surface area contributed by atoms with Crippen LogP contribution in [0.5, 0.6) is 5.75 Å². The fourth-order valence-electron chi connectivity index (χ4n) is 5.35. The third kappa shape index (κ3) is 5.28. The van der Waals surface area contributed by atoms with Crippen molar-refractivity contribution >= 4 is 28.3 Å². The topological polar surface area (TPSA) is 87.9 Å². The molecule has 6 rings (SSSR count). The third-order valence-corrected chi connectivity index (χ3v) is 7.44. The largest absolute Gasteiger partial charge is 0.494 e. The van der Waals surface area contributed by atoms with Crippen molar-refractivity contribution in [2.75, 3.05) is 37.7 Å². The lowest BCUT2D eigenvalue weighted by Gasteiger charge is -2.36. The first-order chi connectivity index (χ1) is 20.4. The van der Waals surface area contributed by atoms with Crippen LogP contribution in [0.1, 0.15) is 27.8 Å². The molecule has 1 aliphatic rings. The summed E-state index contributed by atoms with van der Waals surface area (Å²) in [5.41, 5.74) is 2.58. The first kappa shape index (κ1) is 27.0. The first-order valence-corrected chi connectivity index (χ1v) is 13.8. The quantitative estimate of drug-likeness (QED) is 0.265. The molecule has 0 radical (unpaired) electrons. The summed E-state index contributed by atoms with van der Waals surface area (Å²) < 4.78 is 21.2. The number of carboxylic acid groups (broad SMARTS) is 1. The van der Waals surface area contributed by atoms with Gasteiger partial charge in [-0.2, -0.15) is 0 Å². The van der Waals surface area contributed by atoms with Crippen molar-refractivity contribution in [3.63, 3.8) is 0 Å². The van der Waals surface area contributed by atoms with Gasteiger partial charge in [-0.3, -0.25) is 9.36 Å². The summed E-state index contributed by atoms with van der Waals surface area (Å²) in [7, 11) is 0. The van der Waals surface area contributed by atoms with Crippen LogP contribution in [0.15, 0.2) is 91.1 Å². The summed E-state index contributed by atoms with van der Waals surface area (Å²) in [4.78, 5) is 34.2. The highest BCUT2D eigenvalue weighted by Gasteiger charge is 2.27. The van der Waals surface area contributed by atoms with Gasteiger partial charge in [-0.1, -0.05) is 30.3 Å². The minimum absolute atomic E-state index is 0.227. The molecular weight excluding hydrogens is 535 g/mol. The summed E-state index contributed by atoms with van der Waals surface area (Å²) in [6, 6.07) is 24.8. The van der Waals surface area contributed by atoms with Gasteiger partial charge in [-0.15, -0.1) is 0 Å². The van der Waals surface area contributed by atoms with Crippen molar-refractivity contribution in [3.05, 3.63) is 108 Å². The molecule has 9 heteroatoms. The van der Waals surface area contributed by atoms with Gasteiger partial charge in [0, 0.05) is 44.0 Å². The number of hydrogen-bond donors (Lipinski definition) is 1. The molecule has 212 valence electrons. The molecule has 4 aromatic carbocycles. The Morgan fingerprint density at radius 2 is 1.62 bits per heavy atom. The highest BCUT2D eigenvalue weighted by Crippen LogP contribution is 2.30. The van der Waals surface area contributed by atoms with E-state index < -0.39 is 5.97 Å². The Morgan fingerprint density at radius 1 is 0.905 bits per heavy atom. The highest BCUT2D eigenvalue weighted by molar-refractivity contribution is 6.01. The van der Waals surface area contributed by atoms with E-state index >= 15 is 0 Å². The highest BCUT2D eigenvalue weighted by atomic mass is 19.1. The van der Waals surface area contributed by atoms with Crippen LogP contribution >= 0.6 is 0 Å². The van der Waals surface area contributed by atoms with E-state index in [0.717, 1.165) is 16.5 Å². The number of aromatic nitrogens is 2. The normalized spacial score (nSPS) is 13.4. The van der Waals surface area contributed by atoms with Crippen LogP contribution < -0.4 is 9.64 Å². The second-order valence-corrected chi connectivity index (χ2v) is 10.1. The van der Waals surface area contributed by atoms with Crippen molar-refractivity contribution in [2.45, 2.75) is 6.92 Å². The van der Waals surface area contributed by atoms with Gasteiger partial charge in [0.2, 0.25) is 0 Å². The number of piperazine rings is 1. The third-order valence-electron chi connectivity index (χ3n) is 7.44. The first-order valence-electron chi connectivity index (χ1n) is 13.8. The van der Waals surface area contributed by atoms with Crippen LogP contribution in [0.25, 0.3) is 27.8 Å². The maximum atomic E-state index is 13.7. The van der Waals surface area contributed by atoms with Crippen LogP contribution in [-0.2, 0) is 0 Å². The van der Waals surface area contributed by atoms with Gasteiger partial charge in [-0.05, 0) is 66.2 Å². The molecule has 2 heterocycles. The fraction of sp³-hybridized carbons (Fsp3) is 0.182. The summed E-state index contributed by atoms with van der Waals surface area (Å²) in [6.07, 6.45) is 1.70. The molecule has 5 aromatic rings. The molecule has 1 fully saturated rings. The van der Waals surface area contributed by atoms with Gasteiger partial charge < -0.3 is 19.6 Å². The molecule has 1 amide bonds. The number of carbonyl (C=O) groups excluding carboxylic acids is 1. The fourth-order valence-corrected chi connectivity index (χ4v) is 5.35. The van der Waals surface area contributed by atoms with E-state index in [4.69, 9.17) is 9.72 Å². The number of amides is 1. The smallest absolute Gasteiger partial charge is 0.337 e. The van der Waals surface area contributed by atoms with Gasteiger partial charge in [0.05, 0.1) is 23.5 Å². The number of benzene rings is 4. The molecule has 8 nitrogen and oxygen atoms in total. The number of hydrogen-bond acceptors (Lipinski definition) is 5. The summed E-state index contributed by atoms with van der Waals surface area (Å²) in [5, 5.41) is 11.7. The number of carbonyl (C=O) groups is 2. The maximum Gasteiger partial charge on any atom is 0.337 e. The van der Waals surface area contributed by atoms with Gasteiger partial charge in [0.15, 0.2) is 0 Å². The molecule has 0 aliphatic carbocycles. The number of halogens is 1. The molecule has 1 N–H and O–H groups in total. The molecule has 0 unspecified atom stereocenters. The number of nitrogens with zero attached hydrogens (tertiary/aromatic N) is 4. The number of imidazole rings is 1. The van der Waals surface area contributed by atoms with E-state index in [1.54, 1.807) is 29.3 Å². The lowest BCUT2D eigenvalue weighted by atomic mass is 10.0. The number of aromatic carboxylic acids is 1. The van der Waals surface area contributed by atoms with Crippen molar-refractivity contribution in [2.24, 2.45) is 0 Å². The van der Waals surface area contributed by atoms with Crippen molar-refractivity contribution < 1.29 is 23.8 Å². The summed E-state index contributed by atoms with van der Waals surface area (Å²) >= 11 is 0. The Bertz CT molecular complexity index is 1780. The zero-order valence-corrected chi connectivity index (χ0v) is 23.0. The second kappa shape index (κ2) is 11.4. The standard InChI is InChI=1S/C33H29FN4O4/c1-2-42-27-9-5-8-26(20-27)38-21-29(35-31(38)22-10-12-25(34)13-11-22)32(39)37-16-14-36(15-17-37)30-19-24-7-4-3-6-23(24)18-28(30)33(40)41/h3-13,18-21H,2,14-17H2,1H3,(H,40,41). The number of rotatable bonds is 7. The molecule has 0 atom stereocenters. The number of anilines is 1. The second-order valence-electron chi connectivity index (χ2n) is 10.1. The van der Waals surface area contributed by atoms with Gasteiger partial charge >= 0.3 is 5.97 Å². The Hall–Kier alpha value is -5.18. The predicted octanol–water partition coefficient (Wildman–Crippen LogP) is 5.89. The number of carboxylic acids is 1. The van der Waals surface area contributed by atoms with Crippen LogP contribution in [0.4, 0.5) is 10.1 Å². The average Bonchev–Trinajstić information content (AvgIpc) is 3.46. The van der Waals surface area contributed by atoms with Gasteiger partial charge in [0.25, 0.3) is 5.91 Å². The molecule has 1 aliphatic heterocycles. The zero-order valence-electron chi connectivity index (χ0n) is 23.0. The number of fused-ring (bicyclic) bond motifs is 1. The molecule has 1 saturated heterocycles. The Morgan fingerprint density at radius 3 is 2.31 bits per heavy atom. The van der Waals surface area contributed by atoms with Crippen LogP contribution in [0.3, 0.4) is 0 Å². The maximum absolute atomic E-state index is 13.7. The molecule has 0 bridgehead atoms. The van der Waals surface area contributed by atoms with Gasteiger partial charge in [-0.25, -0.2) is 14.2 Å². The Labute approximate surface area is 242 Å². The van der Waals surface area contributed by atoms with E-state index in [2.05, 4.69) is 0 Å². The minimum Gasteiger partial charge on any atom is -0.494 e. The van der Waals surface area contributed by atoms with E-state index in [0.29, 0.717) is 55.6 Å². The summed E-state index contributed by atoms with van der Waals surface area (Å²) in [6.45, 7) is 4.19. The van der Waals surface area contributed by atoms with Crippen molar-refractivity contribution in [1.29, 1.82) is 0 Å². The van der Waals surface area contributed by atoms with Crippen LogP contribution in [0.2, 0.25) is 0 Å². The van der Waals surface area contributed by atoms with E-state index in [-0.39, 0.29) is 23.0 Å². The van der Waals surface area contributed by atoms with Crippen LogP contribution in [0, 0.1) is 5.82 Å². The molecule has 1 aromatic heterocycles.